The summed E-state index contributed by atoms with van der Waals surface area (Å²) in [6.45, 7) is 4.26. The van der Waals surface area contributed by atoms with Crippen LogP contribution in [0, 0.1) is 0 Å². The third-order valence-electron chi connectivity index (χ3n) is 3.50. The van der Waals surface area contributed by atoms with Gasteiger partial charge in [-0.05, 0) is 31.4 Å². The molecular weight excluding hydrogens is 268 g/mol. The number of benzene rings is 1. The predicted octanol–water partition coefficient (Wildman–Crippen LogP) is 2.35. The minimum Gasteiger partial charge on any atom is -0.481 e. The molecule has 1 aromatic heterocycles. The maximum absolute atomic E-state index is 12.4. The molecule has 1 aromatic carbocycles. The summed E-state index contributed by atoms with van der Waals surface area (Å²) in [5, 5.41) is 9.87. The van der Waals surface area contributed by atoms with Gasteiger partial charge in [0.05, 0.1) is 6.42 Å². The molecule has 0 saturated heterocycles. The second-order valence-corrected chi connectivity index (χ2v) is 5.33. The molecule has 0 aliphatic rings. The molecule has 1 amide bonds. The van der Waals surface area contributed by atoms with Gasteiger partial charge >= 0.3 is 5.97 Å². The fraction of sp³-hybridized carbons (Fsp3) is 0.375. The van der Waals surface area contributed by atoms with E-state index in [1.807, 2.05) is 54.9 Å². The number of hydrogen-bond acceptors (Lipinski definition) is 2. The van der Waals surface area contributed by atoms with Crippen molar-refractivity contribution in [3.63, 3.8) is 0 Å². The Balaban J connectivity index is 2.12. The number of aromatic nitrogens is 1. The summed E-state index contributed by atoms with van der Waals surface area (Å²) in [5.74, 6) is -0.951. The summed E-state index contributed by atoms with van der Waals surface area (Å²) in [4.78, 5) is 24.7. The Bertz CT molecular complexity index is 646. The normalized spacial score (nSPS) is 11.0. The van der Waals surface area contributed by atoms with Gasteiger partial charge in [0.2, 0.25) is 5.91 Å². The van der Waals surface area contributed by atoms with Crippen LogP contribution in [0.25, 0.3) is 10.9 Å². The van der Waals surface area contributed by atoms with Crippen molar-refractivity contribution in [3.8, 4) is 0 Å². The maximum atomic E-state index is 12.4. The molecule has 21 heavy (non-hydrogen) atoms. The van der Waals surface area contributed by atoms with Crippen molar-refractivity contribution < 1.29 is 14.7 Å². The lowest BCUT2D eigenvalue weighted by atomic mass is 10.2. The summed E-state index contributed by atoms with van der Waals surface area (Å²) in [7, 11) is 0. The summed E-state index contributed by atoms with van der Waals surface area (Å²) in [6.07, 6.45) is 1.86. The van der Waals surface area contributed by atoms with Gasteiger partial charge in [-0.2, -0.15) is 0 Å². The number of hydrogen-bond donors (Lipinski definition) is 1. The van der Waals surface area contributed by atoms with Crippen LogP contribution < -0.4 is 0 Å². The first-order chi connectivity index (χ1) is 9.99. The first kappa shape index (κ1) is 15.1. The number of amides is 1. The van der Waals surface area contributed by atoms with E-state index in [0.29, 0.717) is 0 Å². The third-order valence-corrected chi connectivity index (χ3v) is 3.50. The minimum absolute atomic E-state index is 0.0151. The highest BCUT2D eigenvalue weighted by Crippen LogP contribution is 2.15. The van der Waals surface area contributed by atoms with Crippen molar-refractivity contribution in [2.75, 3.05) is 6.54 Å². The molecule has 0 aliphatic carbocycles. The summed E-state index contributed by atoms with van der Waals surface area (Å²) in [5.41, 5.74) is 1.01. The molecule has 0 unspecified atom stereocenters. The number of carbonyl (C=O) groups is 2. The molecule has 0 spiro atoms. The Morgan fingerprint density at radius 3 is 2.62 bits per heavy atom. The van der Waals surface area contributed by atoms with Gasteiger partial charge in [-0.3, -0.25) is 9.59 Å². The number of carboxylic acid groups (broad SMARTS) is 1. The number of nitrogens with zero attached hydrogens (tertiary/aromatic N) is 2. The fourth-order valence-electron chi connectivity index (χ4n) is 2.40. The molecule has 2 rings (SSSR count). The van der Waals surface area contributed by atoms with Crippen LogP contribution in [0.5, 0.6) is 0 Å². The van der Waals surface area contributed by atoms with Gasteiger partial charge in [0.15, 0.2) is 0 Å². The molecule has 0 saturated carbocycles. The van der Waals surface area contributed by atoms with E-state index in [4.69, 9.17) is 5.11 Å². The van der Waals surface area contributed by atoms with Gasteiger partial charge in [-0.1, -0.05) is 18.2 Å². The van der Waals surface area contributed by atoms with Crippen LogP contribution in [0.1, 0.15) is 20.3 Å². The zero-order chi connectivity index (χ0) is 15.4. The van der Waals surface area contributed by atoms with Crippen LogP contribution in [0.15, 0.2) is 36.5 Å². The molecule has 2 aromatic rings. The van der Waals surface area contributed by atoms with E-state index in [-0.39, 0.29) is 31.5 Å². The Hall–Kier alpha value is -2.30. The average Bonchev–Trinajstić information content (AvgIpc) is 2.82. The Labute approximate surface area is 123 Å². The van der Waals surface area contributed by atoms with Crippen LogP contribution in [-0.2, 0) is 16.1 Å². The van der Waals surface area contributed by atoms with E-state index in [2.05, 4.69) is 0 Å². The van der Waals surface area contributed by atoms with Crippen molar-refractivity contribution in [1.82, 2.24) is 9.47 Å². The lowest BCUT2D eigenvalue weighted by Gasteiger charge is -2.26. The Kier molecular flexibility index (Phi) is 4.62. The first-order valence-corrected chi connectivity index (χ1v) is 7.04. The summed E-state index contributed by atoms with van der Waals surface area (Å²) >= 11 is 0. The molecule has 0 atom stereocenters. The smallest absolute Gasteiger partial charge is 0.305 e. The van der Waals surface area contributed by atoms with Crippen molar-refractivity contribution >= 4 is 22.8 Å². The van der Waals surface area contributed by atoms with Crippen molar-refractivity contribution in [2.45, 2.75) is 32.9 Å². The second-order valence-electron chi connectivity index (χ2n) is 5.33. The highest BCUT2D eigenvalue weighted by atomic mass is 16.4. The molecule has 1 N–H and O–H groups in total. The van der Waals surface area contributed by atoms with Crippen LogP contribution >= 0.6 is 0 Å². The number of carboxylic acids is 1. The van der Waals surface area contributed by atoms with Gasteiger partial charge in [-0.25, -0.2) is 0 Å². The quantitative estimate of drug-likeness (QED) is 0.887. The van der Waals surface area contributed by atoms with E-state index in [1.54, 1.807) is 4.90 Å². The number of fused-ring (bicyclic) bond motifs is 1. The molecule has 0 bridgehead atoms. The standard InChI is InChI=1S/C16H20N2O3/c1-12(2)18(10-8-16(20)21)15(19)11-17-9-7-13-5-3-4-6-14(13)17/h3-7,9,12H,8,10-11H2,1-2H3,(H,20,21). The summed E-state index contributed by atoms with van der Waals surface area (Å²) < 4.78 is 1.90. The zero-order valence-electron chi connectivity index (χ0n) is 12.3. The molecule has 5 heteroatoms. The Morgan fingerprint density at radius 2 is 1.95 bits per heavy atom. The number of para-hydroxylation sites is 1. The second kappa shape index (κ2) is 6.43. The van der Waals surface area contributed by atoms with Gasteiger partial charge in [-0.15, -0.1) is 0 Å². The first-order valence-electron chi connectivity index (χ1n) is 7.04. The van der Waals surface area contributed by atoms with Crippen LogP contribution in [0.3, 0.4) is 0 Å². The largest absolute Gasteiger partial charge is 0.481 e. The van der Waals surface area contributed by atoms with E-state index in [1.165, 1.54) is 0 Å². The third kappa shape index (κ3) is 3.62. The van der Waals surface area contributed by atoms with E-state index >= 15 is 0 Å². The molecule has 1 heterocycles. The molecule has 0 fully saturated rings. The van der Waals surface area contributed by atoms with Crippen LogP contribution in [0.4, 0.5) is 0 Å². The maximum Gasteiger partial charge on any atom is 0.305 e. The van der Waals surface area contributed by atoms with E-state index in [9.17, 15) is 9.59 Å². The number of carbonyl (C=O) groups excluding carboxylic acids is 1. The lowest BCUT2D eigenvalue weighted by Crippen LogP contribution is -2.40. The van der Waals surface area contributed by atoms with E-state index in [0.717, 1.165) is 10.9 Å². The molecule has 0 radical (unpaired) electrons. The molecule has 5 nitrogen and oxygen atoms in total. The van der Waals surface area contributed by atoms with Crippen LogP contribution in [0.2, 0.25) is 0 Å². The van der Waals surface area contributed by atoms with Gasteiger partial charge in [0.1, 0.15) is 6.54 Å². The molecule has 0 aliphatic heterocycles. The van der Waals surface area contributed by atoms with Crippen molar-refractivity contribution in [1.29, 1.82) is 0 Å². The predicted molar refractivity (Wildman–Crippen MR) is 81.0 cm³/mol. The van der Waals surface area contributed by atoms with E-state index < -0.39 is 5.97 Å². The summed E-state index contributed by atoms with van der Waals surface area (Å²) in [6, 6.07) is 9.83. The van der Waals surface area contributed by atoms with Crippen molar-refractivity contribution in [2.24, 2.45) is 0 Å². The van der Waals surface area contributed by atoms with Gasteiger partial charge in [0, 0.05) is 24.3 Å². The van der Waals surface area contributed by atoms with Crippen LogP contribution in [-0.4, -0.2) is 39.0 Å². The fourth-order valence-corrected chi connectivity index (χ4v) is 2.40. The van der Waals surface area contributed by atoms with Crippen molar-refractivity contribution in [3.05, 3.63) is 36.5 Å². The average molecular weight is 288 g/mol. The molecular formula is C16H20N2O3. The molecule has 112 valence electrons. The number of aliphatic carboxylic acids is 1. The number of rotatable bonds is 6. The van der Waals surface area contributed by atoms with Gasteiger partial charge in [0.25, 0.3) is 0 Å². The minimum atomic E-state index is -0.889. The topological polar surface area (TPSA) is 62.5 Å². The highest BCUT2D eigenvalue weighted by molar-refractivity contribution is 5.83. The lowest BCUT2D eigenvalue weighted by molar-refractivity contribution is -0.139. The monoisotopic (exact) mass is 288 g/mol. The van der Waals surface area contributed by atoms with Gasteiger partial charge < -0.3 is 14.6 Å². The highest BCUT2D eigenvalue weighted by Gasteiger charge is 2.18. The SMILES string of the molecule is CC(C)N(CCC(=O)O)C(=O)Cn1ccc2ccccc21. The Morgan fingerprint density at radius 1 is 1.24 bits per heavy atom. The zero-order valence-corrected chi connectivity index (χ0v) is 12.3.